The molecule has 5 aromatic carbocycles. The van der Waals surface area contributed by atoms with Crippen molar-refractivity contribution in [2.75, 3.05) is 0 Å². The zero-order valence-electron chi connectivity index (χ0n) is 28.0. The molecule has 0 fully saturated rings. The minimum absolute atomic E-state index is 0.162. The van der Waals surface area contributed by atoms with Crippen LogP contribution in [0.2, 0.25) is 0 Å². The van der Waals surface area contributed by atoms with Crippen LogP contribution in [0.25, 0.3) is 21.5 Å². The number of hydrogen-bond acceptors (Lipinski definition) is 0. The van der Waals surface area contributed by atoms with Crippen molar-refractivity contribution in [2.24, 2.45) is 0 Å². The second-order valence-corrected chi connectivity index (χ2v) is 15.9. The summed E-state index contributed by atoms with van der Waals surface area (Å²) in [5.74, 6) is 0. The number of benzene rings is 4. The summed E-state index contributed by atoms with van der Waals surface area (Å²) in [7, 11) is 0. The third kappa shape index (κ3) is 8.79. The van der Waals surface area contributed by atoms with Crippen LogP contribution in [0.4, 0.5) is 0 Å². The van der Waals surface area contributed by atoms with Gasteiger partial charge in [0.1, 0.15) is 0 Å². The van der Waals surface area contributed by atoms with Crippen LogP contribution in [-0.2, 0) is 46.9 Å². The van der Waals surface area contributed by atoms with E-state index in [9.17, 15) is 0 Å². The fourth-order valence-corrected chi connectivity index (χ4v) is 6.18. The summed E-state index contributed by atoms with van der Waals surface area (Å²) < 4.78 is 1.59. The molecule has 224 valence electrons. The van der Waals surface area contributed by atoms with E-state index in [1.165, 1.54) is 68.0 Å². The molecule has 0 atom stereocenters. The first-order valence-corrected chi connectivity index (χ1v) is 17.0. The molecule has 0 spiro atoms. The van der Waals surface area contributed by atoms with Crippen molar-refractivity contribution >= 4 is 24.8 Å². The van der Waals surface area contributed by atoms with Gasteiger partial charge in [-0.25, -0.2) is 12.2 Å². The van der Waals surface area contributed by atoms with Crippen LogP contribution in [-0.4, -0.2) is 3.21 Å². The predicted molar refractivity (Wildman–Crippen MR) is 191 cm³/mol. The van der Waals surface area contributed by atoms with E-state index in [1.807, 2.05) is 12.2 Å². The second kappa shape index (κ2) is 14.4. The molecule has 1 heteroatoms. The number of rotatable bonds is 4. The van der Waals surface area contributed by atoms with E-state index in [1.54, 1.807) is 3.21 Å². The van der Waals surface area contributed by atoms with Gasteiger partial charge in [-0.2, -0.15) is 6.08 Å². The quantitative estimate of drug-likeness (QED) is 0.169. The van der Waals surface area contributed by atoms with Gasteiger partial charge < -0.3 is 0 Å². The Balaban J connectivity index is 0.000000175. The van der Waals surface area contributed by atoms with E-state index < -0.39 is 0 Å². The summed E-state index contributed by atoms with van der Waals surface area (Å²) in [6, 6.07) is 37.7. The van der Waals surface area contributed by atoms with Gasteiger partial charge in [-0.15, -0.1) is 46.2 Å². The topological polar surface area (TPSA) is 0 Å². The first-order chi connectivity index (χ1) is 20.8. The van der Waals surface area contributed by atoms with Crippen LogP contribution in [0.5, 0.6) is 0 Å². The van der Waals surface area contributed by atoms with E-state index in [4.69, 9.17) is 0 Å². The molecule has 0 saturated carbocycles. The van der Waals surface area contributed by atoms with Crippen molar-refractivity contribution in [1.29, 1.82) is 0 Å². The summed E-state index contributed by atoms with van der Waals surface area (Å²) in [6.45, 7) is 18.3. The van der Waals surface area contributed by atoms with Gasteiger partial charge >= 0.3 is 125 Å². The molecule has 0 bridgehead atoms. The van der Waals surface area contributed by atoms with Crippen molar-refractivity contribution in [3.05, 3.63) is 150 Å². The summed E-state index contributed by atoms with van der Waals surface area (Å²) in [6.07, 6.45) is 11.1. The molecule has 1 aliphatic rings. The summed E-state index contributed by atoms with van der Waals surface area (Å²) in [5.41, 5.74) is 6.18. The summed E-state index contributed by atoms with van der Waals surface area (Å²) in [5, 5.41) is 5.49. The normalized spacial score (nSPS) is 13.0. The van der Waals surface area contributed by atoms with Crippen LogP contribution in [0.15, 0.2) is 121 Å². The largest absolute Gasteiger partial charge is 0.273 e. The fourth-order valence-electron chi connectivity index (χ4n) is 5.32. The standard InChI is InChI=1S/C21H25.C17H18.C5H5.Zr/c1-20(2,3)16-9-7-14-11-15-8-10-17(21(4,5)6)13-19(15)18(14)12-16;1-17(2,16-11-7-4-8-12-16)14-13-15-9-5-3-6-10-15;1-2-4-5-3-1;/h7-13H,1-6H3;3-12H,13H2,1-2H3;1-3H,4H2;/q-1;;-1;+2. The molecule has 0 aliphatic heterocycles. The average Bonchev–Trinajstić information content (AvgIpc) is 3.69. The minimum atomic E-state index is 0.162. The van der Waals surface area contributed by atoms with Gasteiger partial charge in [0.05, 0.1) is 0 Å². The SMILES string of the molecule is CC(C)(C)c1ccc2[cH-]c3ccc(C(C)(C)C)cc3c2c1.CC(C)([C](=[Zr+2])Cc1ccccc1)c1ccccc1.[C-]1=CC=CC1. The van der Waals surface area contributed by atoms with Gasteiger partial charge in [0.15, 0.2) is 0 Å². The number of fused-ring (bicyclic) bond motifs is 3. The average molecular weight is 656 g/mol. The van der Waals surface area contributed by atoms with Gasteiger partial charge in [-0.1, -0.05) is 76.9 Å². The zero-order chi connectivity index (χ0) is 32.0. The molecule has 0 radical (unpaired) electrons. The molecular formula is C43H48Zr. The molecule has 0 unspecified atom stereocenters. The predicted octanol–water partition coefficient (Wildman–Crippen LogP) is 11.5. The maximum absolute atomic E-state index is 2.99. The Morgan fingerprint density at radius 3 is 1.57 bits per heavy atom. The van der Waals surface area contributed by atoms with Crippen molar-refractivity contribution in [3.8, 4) is 0 Å². The minimum Gasteiger partial charge on any atom is -0.273 e. The third-order valence-electron chi connectivity index (χ3n) is 8.50. The van der Waals surface area contributed by atoms with Crippen molar-refractivity contribution in [3.63, 3.8) is 0 Å². The van der Waals surface area contributed by atoms with Crippen LogP contribution in [0.1, 0.15) is 84.1 Å². The van der Waals surface area contributed by atoms with Gasteiger partial charge in [0.25, 0.3) is 0 Å². The Kier molecular flexibility index (Phi) is 11.1. The Morgan fingerprint density at radius 1 is 0.659 bits per heavy atom. The number of hydrogen-bond donors (Lipinski definition) is 0. The fraction of sp³-hybridized carbons (Fsp3) is 0.302. The van der Waals surface area contributed by atoms with E-state index >= 15 is 0 Å². The first kappa shape index (κ1) is 33.9. The Morgan fingerprint density at radius 2 is 1.16 bits per heavy atom. The summed E-state index contributed by atoms with van der Waals surface area (Å²) in [4.78, 5) is 0. The van der Waals surface area contributed by atoms with Crippen LogP contribution >= 0.6 is 0 Å². The van der Waals surface area contributed by atoms with Crippen molar-refractivity contribution in [1.82, 2.24) is 0 Å². The zero-order valence-corrected chi connectivity index (χ0v) is 30.4. The molecule has 5 aromatic rings. The Hall–Kier alpha value is -3.02. The molecule has 44 heavy (non-hydrogen) atoms. The molecule has 0 aromatic heterocycles. The van der Waals surface area contributed by atoms with Crippen LogP contribution < -0.4 is 0 Å². The van der Waals surface area contributed by atoms with E-state index in [2.05, 4.69) is 171 Å². The van der Waals surface area contributed by atoms with Gasteiger partial charge in [-0.05, 0) is 10.8 Å². The molecular weight excluding hydrogens is 608 g/mol. The van der Waals surface area contributed by atoms with E-state index in [0.717, 1.165) is 12.8 Å². The van der Waals surface area contributed by atoms with E-state index in [-0.39, 0.29) is 16.2 Å². The Labute approximate surface area is 281 Å². The third-order valence-corrected chi connectivity index (χ3v) is 10.5. The molecule has 0 saturated heterocycles. The number of allylic oxidation sites excluding steroid dienone is 4. The summed E-state index contributed by atoms with van der Waals surface area (Å²) >= 11 is 1.53. The first-order valence-electron chi connectivity index (χ1n) is 15.8. The molecule has 6 rings (SSSR count). The van der Waals surface area contributed by atoms with Crippen LogP contribution in [0.3, 0.4) is 0 Å². The van der Waals surface area contributed by atoms with Gasteiger partial charge in [0.2, 0.25) is 0 Å². The molecule has 0 heterocycles. The maximum atomic E-state index is 2.99. The molecule has 0 N–H and O–H groups in total. The van der Waals surface area contributed by atoms with Gasteiger partial charge in [-0.3, -0.25) is 6.08 Å². The smallest absolute Gasteiger partial charge is 0.109 e. The van der Waals surface area contributed by atoms with Crippen LogP contribution in [0, 0.1) is 6.08 Å². The molecule has 1 aliphatic carbocycles. The van der Waals surface area contributed by atoms with Crippen molar-refractivity contribution in [2.45, 2.75) is 84.5 Å². The van der Waals surface area contributed by atoms with Gasteiger partial charge in [0, 0.05) is 0 Å². The second-order valence-electron chi connectivity index (χ2n) is 14.4. The molecule has 0 amide bonds. The maximum Gasteiger partial charge on any atom is -0.109 e. The monoisotopic (exact) mass is 654 g/mol. The molecule has 0 nitrogen and oxygen atoms in total. The Bertz CT molecular complexity index is 1650. The van der Waals surface area contributed by atoms with E-state index in [0.29, 0.717) is 0 Å². The van der Waals surface area contributed by atoms with Crippen molar-refractivity contribution < 1.29 is 24.2 Å².